The van der Waals surface area contributed by atoms with E-state index in [9.17, 15) is 14.2 Å². The maximum atomic E-state index is 11.8. The Morgan fingerprint density at radius 1 is 1.04 bits per heavy atom. The molecule has 0 radical (unpaired) electrons. The first-order valence-electron chi connectivity index (χ1n) is 7.22. The van der Waals surface area contributed by atoms with Crippen LogP contribution in [0.4, 0.5) is 5.69 Å². The van der Waals surface area contributed by atoms with Crippen LogP contribution in [0.25, 0.3) is 33.1 Å². The van der Waals surface area contributed by atoms with Gasteiger partial charge < -0.3 is 15.1 Å². The molecule has 2 aromatic carbocycles. The van der Waals surface area contributed by atoms with Gasteiger partial charge in [0.25, 0.3) is 0 Å². The van der Waals surface area contributed by atoms with Crippen LogP contribution < -0.4 is 0 Å². The molecule has 0 fully saturated rings. The van der Waals surface area contributed by atoms with E-state index in [1.807, 2.05) is 18.2 Å². The summed E-state index contributed by atoms with van der Waals surface area (Å²) in [4.78, 5) is 18.1. The van der Waals surface area contributed by atoms with E-state index in [1.165, 1.54) is 0 Å². The average molecular weight is 339 g/mol. The second-order valence-electron chi connectivity index (χ2n) is 5.50. The first-order chi connectivity index (χ1) is 11.6. The molecule has 4 rings (SSSR count). The number of rotatable bonds is 3. The van der Waals surface area contributed by atoms with Crippen LogP contribution >= 0.6 is 0 Å². The Bertz CT molecular complexity index is 1130. The fourth-order valence-electron chi connectivity index (χ4n) is 2.99. The minimum absolute atomic E-state index is 0.0690. The van der Waals surface area contributed by atoms with Crippen molar-refractivity contribution in [2.45, 2.75) is 4.90 Å². The molecule has 3 N–H and O–H groups in total. The monoisotopic (exact) mass is 339 g/mol. The molecule has 1 unspecified atom stereocenters. The molecule has 2 heterocycles. The summed E-state index contributed by atoms with van der Waals surface area (Å²) < 4.78 is 11.8. The van der Waals surface area contributed by atoms with E-state index >= 15 is 0 Å². The number of aromatic hydroxyl groups is 1. The second kappa shape index (κ2) is 5.31. The van der Waals surface area contributed by atoms with Crippen molar-refractivity contribution in [2.75, 3.05) is 6.26 Å². The summed E-state index contributed by atoms with van der Waals surface area (Å²) >= 11 is 0. The molecule has 7 heteroatoms. The number of nitroso groups, excluding NO2 is 1. The molecular formula is C17H13N3O3S. The minimum atomic E-state index is -1.15. The summed E-state index contributed by atoms with van der Waals surface area (Å²) in [6, 6.07) is 12.5. The van der Waals surface area contributed by atoms with Gasteiger partial charge in [-0.2, -0.15) is 0 Å². The Morgan fingerprint density at radius 2 is 1.79 bits per heavy atom. The Labute approximate surface area is 138 Å². The van der Waals surface area contributed by atoms with E-state index in [0.717, 1.165) is 5.52 Å². The van der Waals surface area contributed by atoms with Crippen molar-refractivity contribution in [3.05, 3.63) is 47.4 Å². The lowest BCUT2D eigenvalue weighted by Crippen LogP contribution is -1.86. The van der Waals surface area contributed by atoms with E-state index in [1.54, 1.807) is 30.5 Å². The van der Waals surface area contributed by atoms with Gasteiger partial charge in [0, 0.05) is 43.8 Å². The minimum Gasteiger partial charge on any atom is -0.494 e. The zero-order valence-corrected chi connectivity index (χ0v) is 13.5. The molecule has 0 aliphatic rings. The van der Waals surface area contributed by atoms with Gasteiger partial charge in [0.15, 0.2) is 5.88 Å². The molecule has 2 aromatic heterocycles. The average Bonchev–Trinajstić information content (AvgIpc) is 3.09. The topological polar surface area (TPSA) is 98.3 Å². The zero-order chi connectivity index (χ0) is 16.8. The number of hydrogen-bond acceptors (Lipinski definition) is 4. The lowest BCUT2D eigenvalue weighted by molar-refractivity contribution is 0.460. The number of aromatic amines is 2. The van der Waals surface area contributed by atoms with Crippen LogP contribution in [0.3, 0.4) is 0 Å². The van der Waals surface area contributed by atoms with Crippen LogP contribution in [0.15, 0.2) is 52.5 Å². The van der Waals surface area contributed by atoms with E-state index in [2.05, 4.69) is 15.1 Å². The smallest absolute Gasteiger partial charge is 0.199 e. The third-order valence-corrected chi connectivity index (χ3v) is 5.02. The third kappa shape index (κ3) is 2.05. The molecule has 0 saturated heterocycles. The van der Waals surface area contributed by atoms with Gasteiger partial charge in [-0.05, 0) is 29.4 Å². The maximum Gasteiger partial charge on any atom is 0.199 e. The van der Waals surface area contributed by atoms with Crippen LogP contribution in [-0.2, 0) is 10.8 Å². The van der Waals surface area contributed by atoms with Crippen molar-refractivity contribution in [1.29, 1.82) is 0 Å². The van der Waals surface area contributed by atoms with Crippen molar-refractivity contribution < 1.29 is 9.32 Å². The van der Waals surface area contributed by atoms with Crippen LogP contribution in [0.2, 0.25) is 0 Å². The molecule has 0 amide bonds. The summed E-state index contributed by atoms with van der Waals surface area (Å²) in [5.41, 5.74) is 2.57. The van der Waals surface area contributed by atoms with E-state index in [4.69, 9.17) is 0 Å². The molecule has 4 aromatic rings. The highest BCUT2D eigenvalue weighted by Crippen LogP contribution is 2.44. The Hall–Kier alpha value is -2.93. The van der Waals surface area contributed by atoms with E-state index < -0.39 is 10.8 Å². The number of para-hydroxylation sites is 1. The fraction of sp³-hybridized carbons (Fsp3) is 0.0588. The second-order valence-corrected chi connectivity index (χ2v) is 6.88. The van der Waals surface area contributed by atoms with Gasteiger partial charge in [0.2, 0.25) is 0 Å². The normalized spacial score (nSPS) is 12.7. The lowest BCUT2D eigenvalue weighted by Gasteiger charge is -2.01. The summed E-state index contributed by atoms with van der Waals surface area (Å²) in [5, 5.41) is 14.9. The number of nitrogens with one attached hydrogen (secondary N) is 2. The molecule has 24 heavy (non-hydrogen) atoms. The van der Waals surface area contributed by atoms with Crippen molar-refractivity contribution in [3.63, 3.8) is 0 Å². The molecule has 0 saturated carbocycles. The van der Waals surface area contributed by atoms with Crippen molar-refractivity contribution in [1.82, 2.24) is 9.97 Å². The highest BCUT2D eigenvalue weighted by Gasteiger charge is 2.21. The quantitative estimate of drug-likeness (QED) is 0.489. The zero-order valence-electron chi connectivity index (χ0n) is 12.7. The van der Waals surface area contributed by atoms with Crippen molar-refractivity contribution >= 4 is 38.3 Å². The Morgan fingerprint density at radius 3 is 2.54 bits per heavy atom. The molecule has 0 spiro atoms. The Balaban J connectivity index is 2.09. The highest BCUT2D eigenvalue weighted by molar-refractivity contribution is 7.84. The summed E-state index contributed by atoms with van der Waals surface area (Å²) in [6.07, 6.45) is 1.59. The van der Waals surface area contributed by atoms with E-state index in [0.29, 0.717) is 32.4 Å². The van der Waals surface area contributed by atoms with Crippen LogP contribution in [0, 0.1) is 4.91 Å². The van der Waals surface area contributed by atoms with Crippen LogP contribution in [0.5, 0.6) is 5.88 Å². The van der Waals surface area contributed by atoms with Gasteiger partial charge in [-0.25, -0.2) is 0 Å². The standard InChI is InChI=1S/C17H13N3O3S/c1-24(23)9-6-7-13-11(8-9)14(17(21)19-13)16-15(20-22)10-4-2-3-5-12(10)18-16/h2-8,18-19,21H,1H3. The van der Waals surface area contributed by atoms with E-state index in [-0.39, 0.29) is 11.6 Å². The van der Waals surface area contributed by atoms with Crippen LogP contribution in [0.1, 0.15) is 0 Å². The summed E-state index contributed by atoms with van der Waals surface area (Å²) in [6.45, 7) is 0. The number of benzene rings is 2. The molecule has 0 aliphatic heterocycles. The lowest BCUT2D eigenvalue weighted by atomic mass is 10.1. The predicted molar refractivity (Wildman–Crippen MR) is 95.0 cm³/mol. The number of H-pyrrole nitrogens is 2. The van der Waals surface area contributed by atoms with Gasteiger partial charge in [-0.1, -0.05) is 18.2 Å². The molecule has 0 bridgehead atoms. The van der Waals surface area contributed by atoms with Gasteiger partial charge in [-0.15, -0.1) is 4.91 Å². The summed E-state index contributed by atoms with van der Waals surface area (Å²) in [7, 11) is -1.15. The van der Waals surface area contributed by atoms with Crippen molar-refractivity contribution in [2.24, 2.45) is 5.18 Å². The first kappa shape index (κ1) is 14.6. The van der Waals surface area contributed by atoms with Crippen LogP contribution in [-0.4, -0.2) is 25.5 Å². The van der Waals surface area contributed by atoms with Gasteiger partial charge in [0.05, 0.1) is 11.3 Å². The molecule has 120 valence electrons. The van der Waals surface area contributed by atoms with Gasteiger partial charge in [-0.3, -0.25) is 4.21 Å². The summed E-state index contributed by atoms with van der Waals surface area (Å²) in [5.74, 6) is -0.0690. The molecule has 1 atom stereocenters. The highest BCUT2D eigenvalue weighted by atomic mass is 32.2. The Kier molecular flexibility index (Phi) is 3.24. The van der Waals surface area contributed by atoms with Crippen molar-refractivity contribution in [3.8, 4) is 17.1 Å². The number of hydrogen-bond donors (Lipinski definition) is 3. The fourth-order valence-corrected chi connectivity index (χ4v) is 3.54. The number of aromatic nitrogens is 2. The largest absolute Gasteiger partial charge is 0.494 e. The molecular weight excluding hydrogens is 326 g/mol. The number of nitrogens with zero attached hydrogens (tertiary/aromatic N) is 1. The third-order valence-electron chi connectivity index (χ3n) is 4.10. The van der Waals surface area contributed by atoms with Gasteiger partial charge in [0.1, 0.15) is 5.69 Å². The predicted octanol–water partition coefficient (Wildman–Crippen LogP) is 4.16. The SMILES string of the molecule is CS(=O)c1ccc2[nH]c(O)c(-c3[nH]c4ccccc4c3N=O)c2c1. The molecule has 0 aliphatic carbocycles. The maximum absolute atomic E-state index is 11.8. The molecule has 6 nitrogen and oxygen atoms in total. The number of fused-ring (bicyclic) bond motifs is 2. The van der Waals surface area contributed by atoms with Gasteiger partial charge >= 0.3 is 0 Å². The first-order valence-corrected chi connectivity index (χ1v) is 8.78.